The van der Waals surface area contributed by atoms with Gasteiger partial charge in [-0.3, -0.25) is 14.2 Å². The van der Waals surface area contributed by atoms with Gasteiger partial charge in [-0.2, -0.15) is 0 Å². The van der Waals surface area contributed by atoms with Crippen LogP contribution in [0.5, 0.6) is 0 Å². The standard InChI is InChI=1S/C24H28N4O2/c1-27-14-12-19(13-15-27)7-6-18-8-10-20(11-9-18)26-23(29)16-28-17-25-22-5-3-2-4-21(22)24(28)30/h2-5,8-11,17,19H,6-7,12-16H2,1H3,(H,26,29). The maximum absolute atomic E-state index is 12.5. The molecular formula is C24H28N4O2. The zero-order valence-electron chi connectivity index (χ0n) is 17.4. The van der Waals surface area contributed by atoms with Gasteiger partial charge in [0.25, 0.3) is 5.56 Å². The molecule has 4 rings (SSSR count). The first-order chi connectivity index (χ1) is 14.6. The quantitative estimate of drug-likeness (QED) is 0.685. The van der Waals surface area contributed by atoms with Crippen LogP contribution in [0.25, 0.3) is 10.9 Å². The summed E-state index contributed by atoms with van der Waals surface area (Å²) < 4.78 is 1.34. The summed E-state index contributed by atoms with van der Waals surface area (Å²) in [5.74, 6) is 0.572. The van der Waals surface area contributed by atoms with Gasteiger partial charge >= 0.3 is 0 Å². The summed E-state index contributed by atoms with van der Waals surface area (Å²) in [6, 6.07) is 15.2. The average molecular weight is 405 g/mol. The number of hydrogen-bond acceptors (Lipinski definition) is 4. The number of fused-ring (bicyclic) bond motifs is 1. The number of nitrogens with one attached hydrogen (secondary N) is 1. The van der Waals surface area contributed by atoms with Gasteiger partial charge in [0.1, 0.15) is 6.54 Å². The molecule has 0 spiro atoms. The lowest BCUT2D eigenvalue weighted by atomic mass is 9.91. The third-order valence-electron chi connectivity index (χ3n) is 5.96. The van der Waals surface area contributed by atoms with Gasteiger partial charge < -0.3 is 10.2 Å². The van der Waals surface area contributed by atoms with E-state index in [0.717, 1.165) is 18.0 Å². The van der Waals surface area contributed by atoms with Crippen LogP contribution in [0.15, 0.2) is 59.7 Å². The molecule has 1 N–H and O–H groups in total. The fourth-order valence-corrected chi connectivity index (χ4v) is 4.05. The largest absolute Gasteiger partial charge is 0.325 e. The minimum Gasteiger partial charge on any atom is -0.325 e. The van der Waals surface area contributed by atoms with E-state index in [9.17, 15) is 9.59 Å². The SMILES string of the molecule is CN1CCC(CCc2ccc(NC(=O)Cn3cnc4ccccc4c3=O)cc2)CC1. The first-order valence-corrected chi connectivity index (χ1v) is 10.6. The minimum atomic E-state index is -0.242. The highest BCUT2D eigenvalue weighted by Crippen LogP contribution is 2.22. The number of piperidine rings is 1. The van der Waals surface area contributed by atoms with Crippen LogP contribution in [-0.4, -0.2) is 40.5 Å². The molecule has 0 aliphatic carbocycles. The first kappa shape index (κ1) is 20.3. The molecule has 0 unspecified atom stereocenters. The molecule has 1 saturated heterocycles. The van der Waals surface area contributed by atoms with E-state index in [0.29, 0.717) is 10.9 Å². The molecule has 6 nitrogen and oxygen atoms in total. The molecule has 1 aromatic heterocycles. The molecule has 0 radical (unpaired) electrons. The second kappa shape index (κ2) is 9.22. The zero-order valence-corrected chi connectivity index (χ0v) is 17.4. The number of aromatic nitrogens is 2. The fraction of sp³-hybridized carbons (Fsp3) is 0.375. The Balaban J connectivity index is 1.31. The van der Waals surface area contributed by atoms with Crippen LogP contribution in [0, 0.1) is 5.92 Å². The molecule has 1 aliphatic rings. The smallest absolute Gasteiger partial charge is 0.261 e. The van der Waals surface area contributed by atoms with Gasteiger partial charge in [-0.1, -0.05) is 24.3 Å². The van der Waals surface area contributed by atoms with Crippen molar-refractivity contribution >= 4 is 22.5 Å². The number of rotatable bonds is 6. The average Bonchev–Trinajstić information content (AvgIpc) is 2.76. The number of anilines is 1. The Kier molecular flexibility index (Phi) is 6.23. The van der Waals surface area contributed by atoms with Crippen molar-refractivity contribution in [2.45, 2.75) is 32.2 Å². The van der Waals surface area contributed by atoms with Crippen LogP contribution in [0.1, 0.15) is 24.8 Å². The van der Waals surface area contributed by atoms with E-state index < -0.39 is 0 Å². The Bertz CT molecular complexity index is 1070. The molecule has 0 atom stereocenters. The Morgan fingerprint density at radius 3 is 2.60 bits per heavy atom. The zero-order chi connectivity index (χ0) is 20.9. The van der Waals surface area contributed by atoms with Crippen LogP contribution in [-0.2, 0) is 17.8 Å². The second-order valence-corrected chi connectivity index (χ2v) is 8.23. The van der Waals surface area contributed by atoms with E-state index >= 15 is 0 Å². The highest BCUT2D eigenvalue weighted by molar-refractivity contribution is 5.90. The molecule has 1 aliphatic heterocycles. The van der Waals surface area contributed by atoms with Crippen LogP contribution < -0.4 is 10.9 Å². The highest BCUT2D eigenvalue weighted by atomic mass is 16.2. The predicted octanol–water partition coefficient (Wildman–Crippen LogP) is 3.31. The highest BCUT2D eigenvalue weighted by Gasteiger charge is 2.16. The third-order valence-corrected chi connectivity index (χ3v) is 5.96. The summed E-state index contributed by atoms with van der Waals surface area (Å²) in [6.45, 7) is 2.34. The van der Waals surface area contributed by atoms with Crippen molar-refractivity contribution in [3.63, 3.8) is 0 Å². The van der Waals surface area contributed by atoms with Crippen molar-refractivity contribution in [1.82, 2.24) is 14.5 Å². The fourth-order valence-electron chi connectivity index (χ4n) is 4.05. The molecule has 2 aromatic carbocycles. The van der Waals surface area contributed by atoms with Crippen molar-refractivity contribution in [3.05, 3.63) is 70.8 Å². The van der Waals surface area contributed by atoms with E-state index in [2.05, 4.69) is 34.4 Å². The molecule has 1 amide bonds. The number of carbonyl (C=O) groups is 1. The number of amides is 1. The Morgan fingerprint density at radius 2 is 1.83 bits per heavy atom. The topological polar surface area (TPSA) is 67.2 Å². The number of likely N-dealkylation sites (tertiary alicyclic amines) is 1. The summed E-state index contributed by atoms with van der Waals surface area (Å²) in [7, 11) is 2.19. The van der Waals surface area contributed by atoms with Gasteiger partial charge in [-0.25, -0.2) is 4.98 Å². The van der Waals surface area contributed by atoms with Crippen LogP contribution >= 0.6 is 0 Å². The Labute approximate surface area is 176 Å². The second-order valence-electron chi connectivity index (χ2n) is 8.23. The lowest BCUT2D eigenvalue weighted by Gasteiger charge is -2.28. The van der Waals surface area contributed by atoms with Gasteiger partial charge in [-0.15, -0.1) is 0 Å². The van der Waals surface area contributed by atoms with E-state index in [-0.39, 0.29) is 18.0 Å². The maximum Gasteiger partial charge on any atom is 0.261 e. The number of hydrogen-bond donors (Lipinski definition) is 1. The summed E-state index contributed by atoms with van der Waals surface area (Å²) in [6.07, 6.45) is 6.29. The molecule has 6 heteroatoms. The molecule has 0 bridgehead atoms. The number of benzene rings is 2. The van der Waals surface area contributed by atoms with Crippen molar-refractivity contribution < 1.29 is 4.79 Å². The summed E-state index contributed by atoms with van der Waals surface area (Å²) in [5.41, 5.74) is 2.46. The number of carbonyl (C=O) groups excluding carboxylic acids is 1. The molecular weight excluding hydrogens is 376 g/mol. The van der Waals surface area contributed by atoms with Crippen molar-refractivity contribution in [2.75, 3.05) is 25.5 Å². The maximum atomic E-state index is 12.5. The lowest BCUT2D eigenvalue weighted by molar-refractivity contribution is -0.116. The minimum absolute atomic E-state index is 0.0610. The molecule has 30 heavy (non-hydrogen) atoms. The van der Waals surface area contributed by atoms with Crippen molar-refractivity contribution in [1.29, 1.82) is 0 Å². The Morgan fingerprint density at radius 1 is 1.10 bits per heavy atom. The van der Waals surface area contributed by atoms with E-state index in [1.165, 1.54) is 48.8 Å². The van der Waals surface area contributed by atoms with Crippen molar-refractivity contribution in [3.8, 4) is 0 Å². The van der Waals surface area contributed by atoms with E-state index in [1.807, 2.05) is 18.2 Å². The molecule has 0 saturated carbocycles. The Hall–Kier alpha value is -2.99. The molecule has 2 heterocycles. The number of nitrogens with zero attached hydrogens (tertiary/aromatic N) is 3. The predicted molar refractivity (Wildman–Crippen MR) is 120 cm³/mol. The van der Waals surface area contributed by atoms with Crippen LogP contribution in [0.4, 0.5) is 5.69 Å². The van der Waals surface area contributed by atoms with Gasteiger partial charge in [-0.05, 0) is 81.6 Å². The molecule has 156 valence electrons. The van der Waals surface area contributed by atoms with Gasteiger partial charge in [0, 0.05) is 5.69 Å². The molecule has 3 aromatic rings. The summed E-state index contributed by atoms with van der Waals surface area (Å²) >= 11 is 0. The van der Waals surface area contributed by atoms with Crippen LogP contribution in [0.2, 0.25) is 0 Å². The monoisotopic (exact) mass is 404 g/mol. The number of para-hydroxylation sites is 1. The van der Waals surface area contributed by atoms with Gasteiger partial charge in [0.2, 0.25) is 5.91 Å². The van der Waals surface area contributed by atoms with E-state index in [4.69, 9.17) is 0 Å². The summed E-state index contributed by atoms with van der Waals surface area (Å²) in [5, 5.41) is 3.39. The van der Waals surface area contributed by atoms with Crippen molar-refractivity contribution in [2.24, 2.45) is 5.92 Å². The first-order valence-electron chi connectivity index (χ1n) is 10.6. The van der Waals surface area contributed by atoms with E-state index in [1.54, 1.807) is 18.2 Å². The normalized spacial score (nSPS) is 15.4. The number of aryl methyl sites for hydroxylation is 1. The third kappa shape index (κ3) is 4.94. The molecule has 1 fully saturated rings. The summed E-state index contributed by atoms with van der Waals surface area (Å²) in [4.78, 5) is 31.6. The van der Waals surface area contributed by atoms with Crippen LogP contribution in [0.3, 0.4) is 0 Å². The lowest BCUT2D eigenvalue weighted by Crippen LogP contribution is -2.30. The van der Waals surface area contributed by atoms with Gasteiger partial charge in [0.05, 0.1) is 17.2 Å². The van der Waals surface area contributed by atoms with Gasteiger partial charge in [0.15, 0.2) is 0 Å².